The third-order valence-electron chi connectivity index (χ3n) is 3.38. The van der Waals surface area contributed by atoms with Crippen molar-refractivity contribution >= 4 is 5.97 Å². The average Bonchev–Trinajstić information content (AvgIpc) is 2.36. The molecule has 0 aromatic heterocycles. The molecule has 0 bridgehead atoms. The Morgan fingerprint density at radius 3 is 2.37 bits per heavy atom. The van der Waals surface area contributed by atoms with E-state index in [-0.39, 0.29) is 12.6 Å². The highest BCUT2D eigenvalue weighted by Crippen LogP contribution is 2.12. The van der Waals surface area contributed by atoms with Gasteiger partial charge in [0.05, 0.1) is 6.54 Å². The Balaban J connectivity index is 2.40. The normalized spacial score (nSPS) is 12.9. The minimum absolute atomic E-state index is 0.132. The van der Waals surface area contributed by atoms with Crippen LogP contribution in [0, 0.1) is 5.92 Å². The van der Waals surface area contributed by atoms with Crippen LogP contribution in [0.5, 0.6) is 0 Å². The molecule has 0 heterocycles. The molecule has 0 amide bonds. The third-order valence-corrected chi connectivity index (χ3v) is 3.38. The van der Waals surface area contributed by atoms with Gasteiger partial charge in [-0.15, -0.1) is 0 Å². The van der Waals surface area contributed by atoms with Gasteiger partial charge in [-0.25, -0.2) is 0 Å². The zero-order chi connectivity index (χ0) is 14.3. The van der Waals surface area contributed by atoms with Gasteiger partial charge in [0, 0.05) is 12.6 Å². The van der Waals surface area contributed by atoms with E-state index in [0.717, 1.165) is 19.4 Å². The molecule has 0 saturated heterocycles. The molecule has 0 spiro atoms. The van der Waals surface area contributed by atoms with Crippen molar-refractivity contribution in [1.82, 2.24) is 4.90 Å². The second kappa shape index (κ2) is 7.95. The number of carboxylic acid groups (broad SMARTS) is 1. The van der Waals surface area contributed by atoms with Gasteiger partial charge < -0.3 is 5.11 Å². The van der Waals surface area contributed by atoms with E-state index in [9.17, 15) is 4.79 Å². The molecular formula is C16H25NO2. The first-order valence-electron chi connectivity index (χ1n) is 6.98. The molecule has 1 rings (SSSR count). The van der Waals surface area contributed by atoms with E-state index in [4.69, 9.17) is 5.11 Å². The number of carbonyl (C=O) groups is 1. The van der Waals surface area contributed by atoms with Crippen LogP contribution in [0.15, 0.2) is 30.3 Å². The zero-order valence-electron chi connectivity index (χ0n) is 12.2. The van der Waals surface area contributed by atoms with Crippen molar-refractivity contribution in [3.63, 3.8) is 0 Å². The van der Waals surface area contributed by atoms with Crippen LogP contribution < -0.4 is 0 Å². The fourth-order valence-electron chi connectivity index (χ4n) is 2.18. The fraction of sp³-hybridized carbons (Fsp3) is 0.562. The zero-order valence-corrected chi connectivity index (χ0v) is 12.2. The summed E-state index contributed by atoms with van der Waals surface area (Å²) < 4.78 is 0. The Morgan fingerprint density at radius 2 is 1.84 bits per heavy atom. The molecule has 0 aliphatic rings. The molecule has 0 radical (unpaired) electrons. The number of aryl methyl sites for hydroxylation is 1. The molecule has 1 aromatic rings. The highest BCUT2D eigenvalue weighted by atomic mass is 16.4. The molecule has 0 fully saturated rings. The molecule has 106 valence electrons. The fourth-order valence-corrected chi connectivity index (χ4v) is 2.18. The predicted octanol–water partition coefficient (Wildman–Crippen LogP) is 3.05. The van der Waals surface area contributed by atoms with E-state index >= 15 is 0 Å². The lowest BCUT2D eigenvalue weighted by molar-refractivity contribution is -0.138. The topological polar surface area (TPSA) is 40.5 Å². The predicted molar refractivity (Wildman–Crippen MR) is 78.3 cm³/mol. The van der Waals surface area contributed by atoms with Gasteiger partial charge in [0.15, 0.2) is 0 Å². The standard InChI is InChI=1S/C16H25NO2/c1-13(2)17(12-16(18)19)11-14(3)9-10-15-7-5-4-6-8-15/h4-8,13-14H,9-12H2,1-3H3,(H,18,19). The Morgan fingerprint density at radius 1 is 1.21 bits per heavy atom. The van der Waals surface area contributed by atoms with Crippen molar-refractivity contribution < 1.29 is 9.90 Å². The molecule has 1 atom stereocenters. The first kappa shape index (κ1) is 15.7. The van der Waals surface area contributed by atoms with Gasteiger partial charge in [0.25, 0.3) is 0 Å². The minimum Gasteiger partial charge on any atom is -0.480 e. The number of rotatable bonds is 8. The molecule has 1 aromatic carbocycles. The largest absolute Gasteiger partial charge is 0.480 e. The maximum atomic E-state index is 10.8. The Hall–Kier alpha value is -1.35. The number of hydrogen-bond acceptors (Lipinski definition) is 2. The van der Waals surface area contributed by atoms with Crippen LogP contribution in [-0.2, 0) is 11.2 Å². The van der Waals surface area contributed by atoms with Crippen molar-refractivity contribution in [2.45, 2.75) is 39.7 Å². The first-order chi connectivity index (χ1) is 8.99. The summed E-state index contributed by atoms with van der Waals surface area (Å²) in [7, 11) is 0. The van der Waals surface area contributed by atoms with Gasteiger partial charge in [0.1, 0.15) is 0 Å². The summed E-state index contributed by atoms with van der Waals surface area (Å²) in [5.41, 5.74) is 1.35. The van der Waals surface area contributed by atoms with Gasteiger partial charge in [-0.2, -0.15) is 0 Å². The van der Waals surface area contributed by atoms with Crippen LogP contribution in [0.2, 0.25) is 0 Å². The number of aliphatic carboxylic acids is 1. The summed E-state index contributed by atoms with van der Waals surface area (Å²) in [5.74, 6) is -0.245. The first-order valence-corrected chi connectivity index (χ1v) is 6.98. The third kappa shape index (κ3) is 6.39. The molecule has 0 saturated carbocycles. The van der Waals surface area contributed by atoms with E-state index in [1.807, 2.05) is 24.8 Å². The highest BCUT2D eigenvalue weighted by molar-refractivity contribution is 5.69. The molecule has 1 unspecified atom stereocenters. The smallest absolute Gasteiger partial charge is 0.317 e. The van der Waals surface area contributed by atoms with Gasteiger partial charge in [-0.05, 0) is 38.2 Å². The monoisotopic (exact) mass is 263 g/mol. The summed E-state index contributed by atoms with van der Waals surface area (Å²) in [6.45, 7) is 7.27. The lowest BCUT2D eigenvalue weighted by Crippen LogP contribution is -2.38. The molecule has 19 heavy (non-hydrogen) atoms. The van der Waals surface area contributed by atoms with Crippen LogP contribution in [0.25, 0.3) is 0 Å². The number of hydrogen-bond donors (Lipinski definition) is 1. The van der Waals surface area contributed by atoms with E-state index in [0.29, 0.717) is 5.92 Å². The van der Waals surface area contributed by atoms with E-state index in [1.54, 1.807) is 0 Å². The highest BCUT2D eigenvalue weighted by Gasteiger charge is 2.16. The second-order valence-electron chi connectivity index (χ2n) is 5.55. The number of nitrogens with zero attached hydrogens (tertiary/aromatic N) is 1. The van der Waals surface area contributed by atoms with Crippen LogP contribution in [-0.4, -0.2) is 35.1 Å². The molecule has 3 heteroatoms. The summed E-state index contributed by atoms with van der Waals surface area (Å²) in [5, 5.41) is 8.91. The summed E-state index contributed by atoms with van der Waals surface area (Å²) >= 11 is 0. The Bertz CT molecular complexity index is 376. The summed E-state index contributed by atoms with van der Waals surface area (Å²) in [6.07, 6.45) is 2.15. The summed E-state index contributed by atoms with van der Waals surface area (Å²) in [4.78, 5) is 12.9. The summed E-state index contributed by atoms with van der Waals surface area (Å²) in [6, 6.07) is 10.7. The quantitative estimate of drug-likeness (QED) is 0.783. The maximum Gasteiger partial charge on any atom is 0.317 e. The average molecular weight is 263 g/mol. The van der Waals surface area contributed by atoms with Crippen molar-refractivity contribution in [2.75, 3.05) is 13.1 Å². The van der Waals surface area contributed by atoms with Crippen molar-refractivity contribution in [1.29, 1.82) is 0 Å². The van der Waals surface area contributed by atoms with Crippen molar-refractivity contribution in [3.05, 3.63) is 35.9 Å². The van der Waals surface area contributed by atoms with E-state index in [2.05, 4.69) is 31.2 Å². The maximum absolute atomic E-state index is 10.8. The van der Waals surface area contributed by atoms with Crippen LogP contribution in [0.1, 0.15) is 32.8 Å². The second-order valence-corrected chi connectivity index (χ2v) is 5.55. The Kier molecular flexibility index (Phi) is 6.57. The van der Waals surface area contributed by atoms with Gasteiger partial charge in [-0.3, -0.25) is 9.69 Å². The molecule has 1 N–H and O–H groups in total. The molecule has 0 aliphatic carbocycles. The lowest BCUT2D eigenvalue weighted by Gasteiger charge is -2.27. The van der Waals surface area contributed by atoms with Crippen molar-refractivity contribution in [2.24, 2.45) is 5.92 Å². The van der Waals surface area contributed by atoms with Crippen molar-refractivity contribution in [3.8, 4) is 0 Å². The molecule has 3 nitrogen and oxygen atoms in total. The SMILES string of the molecule is CC(CCc1ccccc1)CN(CC(=O)O)C(C)C. The number of carboxylic acids is 1. The van der Waals surface area contributed by atoms with Crippen LogP contribution in [0.3, 0.4) is 0 Å². The van der Waals surface area contributed by atoms with Gasteiger partial charge in [-0.1, -0.05) is 37.3 Å². The Labute approximate surface area is 116 Å². The van der Waals surface area contributed by atoms with Crippen LogP contribution >= 0.6 is 0 Å². The van der Waals surface area contributed by atoms with E-state index in [1.165, 1.54) is 5.56 Å². The van der Waals surface area contributed by atoms with E-state index < -0.39 is 5.97 Å². The van der Waals surface area contributed by atoms with Gasteiger partial charge >= 0.3 is 5.97 Å². The molecular weight excluding hydrogens is 238 g/mol. The van der Waals surface area contributed by atoms with Crippen LogP contribution in [0.4, 0.5) is 0 Å². The molecule has 0 aliphatic heterocycles. The lowest BCUT2D eigenvalue weighted by atomic mass is 10.00. The van der Waals surface area contributed by atoms with Gasteiger partial charge in [0.2, 0.25) is 0 Å². The minimum atomic E-state index is -0.746. The number of benzene rings is 1.